The van der Waals surface area contributed by atoms with Crippen LogP contribution in [0.1, 0.15) is 34.6 Å². The maximum absolute atomic E-state index is 15.1. The van der Waals surface area contributed by atoms with Gasteiger partial charge in [0.2, 0.25) is 0 Å². The minimum atomic E-state index is -1.09. The molecule has 1 fully saturated rings. The van der Waals surface area contributed by atoms with Crippen LogP contribution in [-0.4, -0.2) is 80.9 Å². The number of hydrogen-bond donors (Lipinski definition) is 0. The van der Waals surface area contributed by atoms with Crippen LogP contribution in [0.4, 0.5) is 20.6 Å². The Morgan fingerprint density at radius 2 is 1.73 bits per heavy atom. The first-order chi connectivity index (χ1) is 17.8. The number of anilines is 2. The van der Waals surface area contributed by atoms with Crippen molar-refractivity contribution in [1.29, 1.82) is 0 Å². The molecule has 2 aliphatic rings. The SMILES string of the molecule is CCOC(=O)N(CC(CN1C(=O)c2ccccc2C1=O)OC(C)=O)c1ccc(N2CCOCC2)c(F)c1. The van der Waals surface area contributed by atoms with E-state index in [4.69, 9.17) is 14.2 Å². The average molecular weight is 514 g/mol. The molecule has 0 aliphatic carbocycles. The molecule has 0 spiro atoms. The zero-order valence-corrected chi connectivity index (χ0v) is 20.6. The number of ether oxygens (including phenoxy) is 3. The van der Waals surface area contributed by atoms with Crippen molar-refractivity contribution in [3.8, 4) is 0 Å². The lowest BCUT2D eigenvalue weighted by atomic mass is 10.1. The summed E-state index contributed by atoms with van der Waals surface area (Å²) in [5.74, 6) is -2.26. The van der Waals surface area contributed by atoms with Gasteiger partial charge in [0.25, 0.3) is 11.8 Å². The molecule has 0 saturated carbocycles. The van der Waals surface area contributed by atoms with Crippen LogP contribution in [0.3, 0.4) is 0 Å². The third-order valence-electron chi connectivity index (χ3n) is 6.07. The highest BCUT2D eigenvalue weighted by Gasteiger charge is 2.38. The quantitative estimate of drug-likeness (QED) is 0.392. The summed E-state index contributed by atoms with van der Waals surface area (Å²) < 4.78 is 31.0. The molecule has 1 unspecified atom stereocenters. The van der Waals surface area contributed by atoms with Crippen LogP contribution >= 0.6 is 0 Å². The standard InChI is InChI=1S/C26H28FN3O7/c1-3-36-26(34)29(18-8-9-23(22(27)14-18)28-10-12-35-13-11-28)15-19(37-17(2)31)16-30-24(32)20-6-4-5-7-21(20)25(30)33/h4-9,14,19H,3,10-13,15-16H2,1-2H3. The summed E-state index contributed by atoms with van der Waals surface area (Å²) in [6.07, 6.45) is -1.88. The van der Waals surface area contributed by atoms with Gasteiger partial charge in [0.05, 0.1) is 55.4 Å². The van der Waals surface area contributed by atoms with Crippen molar-refractivity contribution in [2.24, 2.45) is 0 Å². The molecule has 3 amide bonds. The second kappa shape index (κ2) is 11.4. The van der Waals surface area contributed by atoms with Crippen LogP contribution in [0.5, 0.6) is 0 Å². The fraction of sp³-hybridized carbons (Fsp3) is 0.385. The summed E-state index contributed by atoms with van der Waals surface area (Å²) in [6, 6.07) is 10.7. The molecular formula is C26H28FN3O7. The molecule has 196 valence electrons. The fourth-order valence-corrected chi connectivity index (χ4v) is 4.39. The molecule has 4 rings (SSSR count). The number of nitrogens with zero attached hydrogens (tertiary/aromatic N) is 3. The van der Waals surface area contributed by atoms with Gasteiger partial charge in [-0.2, -0.15) is 0 Å². The van der Waals surface area contributed by atoms with Crippen LogP contribution in [0.2, 0.25) is 0 Å². The molecule has 37 heavy (non-hydrogen) atoms. The van der Waals surface area contributed by atoms with Gasteiger partial charge in [0.15, 0.2) is 0 Å². The van der Waals surface area contributed by atoms with Gasteiger partial charge >= 0.3 is 12.1 Å². The molecule has 2 heterocycles. The van der Waals surface area contributed by atoms with Crippen LogP contribution in [0.15, 0.2) is 42.5 Å². The van der Waals surface area contributed by atoms with E-state index in [1.54, 1.807) is 43.3 Å². The molecule has 2 aromatic carbocycles. The Balaban J connectivity index is 1.59. The Hall–Kier alpha value is -3.99. The molecule has 0 bridgehead atoms. The molecule has 0 N–H and O–H groups in total. The summed E-state index contributed by atoms with van der Waals surface area (Å²) in [5, 5.41) is 0. The summed E-state index contributed by atoms with van der Waals surface area (Å²) >= 11 is 0. The van der Waals surface area contributed by atoms with Gasteiger partial charge in [-0.05, 0) is 37.3 Å². The summed E-state index contributed by atoms with van der Waals surface area (Å²) in [7, 11) is 0. The molecule has 0 aromatic heterocycles. The van der Waals surface area contributed by atoms with E-state index < -0.39 is 35.8 Å². The fourth-order valence-electron chi connectivity index (χ4n) is 4.39. The van der Waals surface area contributed by atoms with Crippen LogP contribution in [-0.2, 0) is 19.0 Å². The lowest BCUT2D eigenvalue weighted by Gasteiger charge is -2.31. The number of amides is 3. The zero-order chi connectivity index (χ0) is 26.5. The van der Waals surface area contributed by atoms with E-state index in [0.717, 1.165) is 9.80 Å². The molecule has 2 aromatic rings. The van der Waals surface area contributed by atoms with Gasteiger partial charge in [0, 0.05) is 20.0 Å². The van der Waals surface area contributed by atoms with Crippen LogP contribution in [0, 0.1) is 5.82 Å². The number of benzene rings is 2. The number of carbonyl (C=O) groups excluding carboxylic acids is 4. The van der Waals surface area contributed by atoms with Crippen molar-refractivity contribution >= 4 is 35.3 Å². The van der Waals surface area contributed by atoms with Crippen LogP contribution < -0.4 is 9.80 Å². The summed E-state index contributed by atoms with van der Waals surface area (Å²) in [4.78, 5) is 54.4. The van der Waals surface area contributed by atoms with E-state index in [1.807, 2.05) is 4.90 Å². The van der Waals surface area contributed by atoms with Gasteiger partial charge in [-0.25, -0.2) is 9.18 Å². The van der Waals surface area contributed by atoms with E-state index in [-0.39, 0.29) is 36.5 Å². The molecule has 10 nitrogen and oxygen atoms in total. The number of halogens is 1. The number of morpholine rings is 1. The summed E-state index contributed by atoms with van der Waals surface area (Å²) in [5.41, 5.74) is 1.04. The van der Waals surface area contributed by atoms with Crippen molar-refractivity contribution in [1.82, 2.24) is 4.90 Å². The summed E-state index contributed by atoms with van der Waals surface area (Å²) in [6.45, 7) is 4.33. The molecule has 1 atom stereocenters. The molecule has 2 aliphatic heterocycles. The van der Waals surface area contributed by atoms with Crippen molar-refractivity contribution < 1.29 is 37.8 Å². The molecule has 1 saturated heterocycles. The Bertz CT molecular complexity index is 1160. The number of fused-ring (bicyclic) bond motifs is 1. The Morgan fingerprint density at radius 1 is 1.08 bits per heavy atom. The number of carbonyl (C=O) groups is 4. The highest BCUT2D eigenvalue weighted by molar-refractivity contribution is 6.21. The lowest BCUT2D eigenvalue weighted by Crippen LogP contribution is -2.46. The first-order valence-corrected chi connectivity index (χ1v) is 12.0. The highest BCUT2D eigenvalue weighted by Crippen LogP contribution is 2.28. The third-order valence-corrected chi connectivity index (χ3v) is 6.07. The predicted octanol–water partition coefficient (Wildman–Crippen LogP) is 2.85. The highest BCUT2D eigenvalue weighted by atomic mass is 19.1. The predicted molar refractivity (Wildman–Crippen MR) is 131 cm³/mol. The largest absolute Gasteiger partial charge is 0.459 e. The maximum atomic E-state index is 15.1. The average Bonchev–Trinajstić information content (AvgIpc) is 3.12. The number of rotatable bonds is 8. The van der Waals surface area contributed by atoms with E-state index >= 15 is 4.39 Å². The first-order valence-electron chi connectivity index (χ1n) is 12.0. The Kier molecular flexibility index (Phi) is 8.02. The second-order valence-corrected chi connectivity index (χ2v) is 8.54. The Morgan fingerprint density at radius 3 is 2.30 bits per heavy atom. The molecule has 0 radical (unpaired) electrons. The van der Waals surface area contributed by atoms with Crippen molar-refractivity contribution in [2.45, 2.75) is 20.0 Å². The normalized spacial score (nSPS) is 15.9. The van der Waals surface area contributed by atoms with Gasteiger partial charge in [-0.3, -0.25) is 24.2 Å². The van der Waals surface area contributed by atoms with Gasteiger partial charge in [0.1, 0.15) is 11.9 Å². The molecule has 11 heteroatoms. The van der Waals surface area contributed by atoms with Gasteiger partial charge < -0.3 is 19.1 Å². The van der Waals surface area contributed by atoms with Crippen LogP contribution in [0.25, 0.3) is 0 Å². The van der Waals surface area contributed by atoms with Crippen molar-refractivity contribution in [2.75, 3.05) is 55.8 Å². The zero-order valence-electron chi connectivity index (χ0n) is 20.6. The van der Waals surface area contributed by atoms with Crippen molar-refractivity contribution in [3.05, 3.63) is 59.4 Å². The number of hydrogen-bond acceptors (Lipinski definition) is 8. The van der Waals surface area contributed by atoms with E-state index in [0.29, 0.717) is 32.0 Å². The minimum absolute atomic E-state index is 0.0559. The monoisotopic (exact) mass is 513 g/mol. The van der Waals surface area contributed by atoms with E-state index in [2.05, 4.69) is 0 Å². The number of esters is 1. The topological polar surface area (TPSA) is 106 Å². The van der Waals surface area contributed by atoms with E-state index in [1.165, 1.54) is 13.0 Å². The molecular weight excluding hydrogens is 485 g/mol. The Labute approximate surface area is 213 Å². The maximum Gasteiger partial charge on any atom is 0.414 e. The lowest BCUT2D eigenvalue weighted by molar-refractivity contribution is -0.146. The smallest absolute Gasteiger partial charge is 0.414 e. The van der Waals surface area contributed by atoms with Gasteiger partial charge in [-0.15, -0.1) is 0 Å². The number of imide groups is 1. The second-order valence-electron chi connectivity index (χ2n) is 8.54. The minimum Gasteiger partial charge on any atom is -0.459 e. The van der Waals surface area contributed by atoms with Crippen molar-refractivity contribution in [3.63, 3.8) is 0 Å². The van der Waals surface area contributed by atoms with Gasteiger partial charge in [-0.1, -0.05) is 12.1 Å². The third kappa shape index (κ3) is 5.72. The van der Waals surface area contributed by atoms with E-state index in [9.17, 15) is 19.2 Å². The first kappa shape index (κ1) is 26.1.